The Bertz CT molecular complexity index is 489. The maximum atomic E-state index is 11.3. The Balaban J connectivity index is 1.56. The summed E-state index contributed by atoms with van der Waals surface area (Å²) in [5, 5.41) is 5.67. The quantitative estimate of drug-likeness (QED) is 0.840. The Labute approximate surface area is 124 Å². The van der Waals surface area contributed by atoms with Crippen LogP contribution in [0.5, 0.6) is 5.75 Å². The molecule has 0 saturated carbocycles. The second kappa shape index (κ2) is 6.78. The number of rotatable bonds is 5. The molecule has 0 bridgehead atoms. The lowest BCUT2D eigenvalue weighted by molar-refractivity contribution is 0.0322. The molecule has 1 aromatic carbocycles. The van der Waals surface area contributed by atoms with E-state index in [2.05, 4.69) is 15.5 Å². The third kappa shape index (κ3) is 3.65. The van der Waals surface area contributed by atoms with Crippen molar-refractivity contribution in [3.63, 3.8) is 0 Å². The van der Waals surface area contributed by atoms with Gasteiger partial charge in [0.1, 0.15) is 12.4 Å². The summed E-state index contributed by atoms with van der Waals surface area (Å²) in [7, 11) is 0. The fourth-order valence-corrected chi connectivity index (χ4v) is 2.65. The summed E-state index contributed by atoms with van der Waals surface area (Å²) < 4.78 is 11.3. The van der Waals surface area contributed by atoms with E-state index in [-0.39, 0.29) is 12.1 Å². The fourth-order valence-electron chi connectivity index (χ4n) is 2.65. The molecule has 6 heteroatoms. The lowest BCUT2D eigenvalue weighted by Crippen LogP contribution is -2.38. The van der Waals surface area contributed by atoms with Crippen LogP contribution in [0.2, 0.25) is 0 Å². The van der Waals surface area contributed by atoms with E-state index in [4.69, 9.17) is 9.47 Å². The Kier molecular flexibility index (Phi) is 4.57. The lowest BCUT2D eigenvalue weighted by atomic mass is 10.1. The normalized spacial score (nSPS) is 22.7. The molecule has 2 N–H and O–H groups in total. The molecule has 1 atom stereocenters. The van der Waals surface area contributed by atoms with E-state index in [9.17, 15) is 4.79 Å². The van der Waals surface area contributed by atoms with Crippen molar-refractivity contribution in [1.29, 1.82) is 0 Å². The van der Waals surface area contributed by atoms with Gasteiger partial charge >= 0.3 is 6.03 Å². The Morgan fingerprint density at radius 1 is 1.29 bits per heavy atom. The fraction of sp³-hybridized carbons (Fsp3) is 0.533. The molecule has 2 aliphatic heterocycles. The molecule has 0 aromatic heterocycles. The summed E-state index contributed by atoms with van der Waals surface area (Å²) in [5.41, 5.74) is 1.03. The number of carbonyl (C=O) groups excluding carboxylic acids is 1. The minimum absolute atomic E-state index is 0.0166. The molecule has 2 fully saturated rings. The van der Waals surface area contributed by atoms with Crippen LogP contribution in [0.1, 0.15) is 11.6 Å². The number of urea groups is 1. The highest BCUT2D eigenvalue weighted by molar-refractivity contribution is 5.77. The number of para-hydroxylation sites is 1. The molecule has 21 heavy (non-hydrogen) atoms. The van der Waals surface area contributed by atoms with Crippen molar-refractivity contribution >= 4 is 6.03 Å². The van der Waals surface area contributed by atoms with Crippen LogP contribution >= 0.6 is 0 Å². The summed E-state index contributed by atoms with van der Waals surface area (Å²) in [6.07, 6.45) is 0. The van der Waals surface area contributed by atoms with Gasteiger partial charge in [0.2, 0.25) is 0 Å². The van der Waals surface area contributed by atoms with Crippen molar-refractivity contribution in [1.82, 2.24) is 15.5 Å². The molecular formula is C15H21N3O3. The van der Waals surface area contributed by atoms with Gasteiger partial charge in [0, 0.05) is 31.7 Å². The van der Waals surface area contributed by atoms with Crippen molar-refractivity contribution in [2.45, 2.75) is 6.04 Å². The van der Waals surface area contributed by atoms with E-state index in [1.165, 1.54) is 0 Å². The van der Waals surface area contributed by atoms with Gasteiger partial charge in [0.05, 0.1) is 19.3 Å². The molecule has 0 spiro atoms. The molecule has 114 valence electrons. The average Bonchev–Trinajstić information content (AvgIpc) is 2.95. The predicted octanol–water partition coefficient (Wildman–Crippen LogP) is 0.751. The van der Waals surface area contributed by atoms with Crippen LogP contribution in [0.15, 0.2) is 24.3 Å². The second-order valence-corrected chi connectivity index (χ2v) is 5.25. The van der Waals surface area contributed by atoms with Crippen LogP contribution in [0.3, 0.4) is 0 Å². The molecule has 0 radical (unpaired) electrons. The molecular weight excluding hydrogens is 270 g/mol. The van der Waals surface area contributed by atoms with Gasteiger partial charge in [0.25, 0.3) is 0 Å². The van der Waals surface area contributed by atoms with E-state index in [1.54, 1.807) is 0 Å². The number of nitrogens with zero attached hydrogens (tertiary/aromatic N) is 1. The van der Waals surface area contributed by atoms with Crippen LogP contribution < -0.4 is 15.4 Å². The largest absolute Gasteiger partial charge is 0.492 e. The van der Waals surface area contributed by atoms with E-state index >= 15 is 0 Å². The maximum Gasteiger partial charge on any atom is 0.315 e. The molecule has 3 rings (SSSR count). The Morgan fingerprint density at radius 2 is 2.10 bits per heavy atom. The summed E-state index contributed by atoms with van der Waals surface area (Å²) in [5.74, 6) is 0.847. The molecule has 1 unspecified atom stereocenters. The molecule has 0 aliphatic carbocycles. The first-order chi connectivity index (χ1) is 10.3. The van der Waals surface area contributed by atoms with Crippen molar-refractivity contribution in [2.24, 2.45) is 0 Å². The molecule has 2 aliphatic rings. The maximum absolute atomic E-state index is 11.3. The number of amides is 2. The first-order valence-electron chi connectivity index (χ1n) is 7.39. The van der Waals surface area contributed by atoms with Crippen LogP contribution in [-0.4, -0.2) is 56.9 Å². The van der Waals surface area contributed by atoms with Gasteiger partial charge in [-0.25, -0.2) is 4.79 Å². The number of benzene rings is 1. The number of hydrogen-bond donors (Lipinski definition) is 2. The van der Waals surface area contributed by atoms with Crippen molar-refractivity contribution < 1.29 is 14.3 Å². The SMILES string of the molecule is O=C1NCC(c2ccccc2OCCN2CCOCC2)N1. The highest BCUT2D eigenvalue weighted by Gasteiger charge is 2.24. The topological polar surface area (TPSA) is 62.8 Å². The minimum atomic E-state index is -0.122. The van der Waals surface area contributed by atoms with E-state index < -0.39 is 0 Å². The highest BCUT2D eigenvalue weighted by atomic mass is 16.5. The van der Waals surface area contributed by atoms with Crippen LogP contribution in [0.4, 0.5) is 4.79 Å². The van der Waals surface area contributed by atoms with E-state index in [1.807, 2.05) is 24.3 Å². The standard InChI is InChI=1S/C15H21N3O3/c19-15-16-11-13(17-15)12-3-1-2-4-14(12)21-10-7-18-5-8-20-9-6-18/h1-4,13H,5-11H2,(H2,16,17,19). The Morgan fingerprint density at radius 3 is 2.86 bits per heavy atom. The summed E-state index contributed by atoms with van der Waals surface area (Å²) in [4.78, 5) is 13.6. The van der Waals surface area contributed by atoms with Gasteiger partial charge < -0.3 is 20.1 Å². The first-order valence-corrected chi connectivity index (χ1v) is 7.39. The van der Waals surface area contributed by atoms with Gasteiger partial charge in [-0.15, -0.1) is 0 Å². The van der Waals surface area contributed by atoms with Gasteiger partial charge in [-0.2, -0.15) is 0 Å². The Hall–Kier alpha value is -1.79. The number of carbonyl (C=O) groups is 1. The zero-order valence-corrected chi connectivity index (χ0v) is 12.0. The summed E-state index contributed by atoms with van der Waals surface area (Å²) >= 11 is 0. The first kappa shape index (κ1) is 14.2. The number of nitrogens with one attached hydrogen (secondary N) is 2. The van der Waals surface area contributed by atoms with Crippen LogP contribution in [0.25, 0.3) is 0 Å². The van der Waals surface area contributed by atoms with E-state index in [0.717, 1.165) is 44.2 Å². The van der Waals surface area contributed by atoms with Crippen molar-refractivity contribution in [3.8, 4) is 5.75 Å². The molecule has 1 aromatic rings. The van der Waals surface area contributed by atoms with Gasteiger partial charge in [-0.3, -0.25) is 4.90 Å². The summed E-state index contributed by atoms with van der Waals surface area (Å²) in [6, 6.07) is 7.74. The zero-order chi connectivity index (χ0) is 14.5. The van der Waals surface area contributed by atoms with Crippen LogP contribution in [0, 0.1) is 0 Å². The van der Waals surface area contributed by atoms with Gasteiger partial charge in [-0.05, 0) is 6.07 Å². The second-order valence-electron chi connectivity index (χ2n) is 5.25. The third-order valence-corrected chi connectivity index (χ3v) is 3.84. The smallest absolute Gasteiger partial charge is 0.315 e. The summed E-state index contributed by atoms with van der Waals surface area (Å²) in [6.45, 7) is 5.68. The minimum Gasteiger partial charge on any atom is -0.492 e. The number of morpholine rings is 1. The van der Waals surface area contributed by atoms with Gasteiger partial charge in [0.15, 0.2) is 0 Å². The van der Waals surface area contributed by atoms with Crippen molar-refractivity contribution in [2.75, 3.05) is 46.0 Å². The monoisotopic (exact) mass is 291 g/mol. The molecule has 2 saturated heterocycles. The number of ether oxygens (including phenoxy) is 2. The molecule has 2 heterocycles. The molecule has 6 nitrogen and oxygen atoms in total. The van der Waals surface area contributed by atoms with Crippen LogP contribution in [-0.2, 0) is 4.74 Å². The lowest BCUT2D eigenvalue weighted by Gasteiger charge is -2.26. The van der Waals surface area contributed by atoms with Gasteiger partial charge in [-0.1, -0.05) is 18.2 Å². The third-order valence-electron chi connectivity index (χ3n) is 3.84. The number of hydrogen-bond acceptors (Lipinski definition) is 4. The predicted molar refractivity (Wildman–Crippen MR) is 78.5 cm³/mol. The molecule has 2 amide bonds. The highest BCUT2D eigenvalue weighted by Crippen LogP contribution is 2.26. The van der Waals surface area contributed by atoms with Crippen molar-refractivity contribution in [3.05, 3.63) is 29.8 Å². The average molecular weight is 291 g/mol. The van der Waals surface area contributed by atoms with E-state index in [0.29, 0.717) is 13.2 Å². The zero-order valence-electron chi connectivity index (χ0n) is 12.0.